The first-order chi connectivity index (χ1) is 10.7. The molecule has 0 saturated carbocycles. The molecule has 1 saturated heterocycles. The molecule has 1 aromatic carbocycles. The van der Waals surface area contributed by atoms with Crippen LogP contribution >= 0.6 is 0 Å². The van der Waals surface area contributed by atoms with Crippen LogP contribution in [0.1, 0.15) is 17.7 Å². The first kappa shape index (κ1) is 15.0. The van der Waals surface area contributed by atoms with Crippen molar-refractivity contribution >= 4 is 5.82 Å². The number of hydrogen-bond donors (Lipinski definition) is 2. The SMILES string of the molecule is Cc1cccc(NC[C@@H]2C[C@H](O)CN2Cc2ccccc2)n1. The van der Waals surface area contributed by atoms with Crippen molar-refractivity contribution in [1.29, 1.82) is 0 Å². The summed E-state index contributed by atoms with van der Waals surface area (Å²) in [6, 6.07) is 16.7. The van der Waals surface area contributed by atoms with E-state index in [4.69, 9.17) is 0 Å². The first-order valence-corrected chi connectivity index (χ1v) is 7.84. The van der Waals surface area contributed by atoms with Crippen LogP contribution in [0.5, 0.6) is 0 Å². The summed E-state index contributed by atoms with van der Waals surface area (Å²) >= 11 is 0. The summed E-state index contributed by atoms with van der Waals surface area (Å²) in [6.45, 7) is 4.42. The van der Waals surface area contributed by atoms with Crippen LogP contribution in [-0.4, -0.2) is 40.2 Å². The molecular formula is C18H23N3O. The van der Waals surface area contributed by atoms with Crippen molar-refractivity contribution in [1.82, 2.24) is 9.88 Å². The Morgan fingerprint density at radius 2 is 2.00 bits per heavy atom. The van der Waals surface area contributed by atoms with Gasteiger partial charge in [0.15, 0.2) is 0 Å². The van der Waals surface area contributed by atoms with Gasteiger partial charge in [-0.15, -0.1) is 0 Å². The lowest BCUT2D eigenvalue weighted by Gasteiger charge is -2.24. The number of aliphatic hydroxyl groups excluding tert-OH is 1. The van der Waals surface area contributed by atoms with Crippen LogP contribution in [0.2, 0.25) is 0 Å². The van der Waals surface area contributed by atoms with Gasteiger partial charge in [0.25, 0.3) is 0 Å². The summed E-state index contributed by atoms with van der Waals surface area (Å²) in [5.41, 5.74) is 2.30. The number of nitrogens with one attached hydrogen (secondary N) is 1. The number of rotatable bonds is 5. The van der Waals surface area contributed by atoms with Crippen LogP contribution in [0.15, 0.2) is 48.5 Å². The molecule has 1 aromatic heterocycles. The second-order valence-corrected chi connectivity index (χ2v) is 6.00. The van der Waals surface area contributed by atoms with Gasteiger partial charge >= 0.3 is 0 Å². The number of aryl methyl sites for hydroxylation is 1. The van der Waals surface area contributed by atoms with Crippen LogP contribution in [-0.2, 0) is 6.54 Å². The van der Waals surface area contributed by atoms with Gasteiger partial charge in [-0.3, -0.25) is 4.90 Å². The molecular weight excluding hydrogens is 274 g/mol. The van der Waals surface area contributed by atoms with E-state index in [2.05, 4.69) is 39.5 Å². The highest BCUT2D eigenvalue weighted by Crippen LogP contribution is 2.21. The number of nitrogens with zero attached hydrogens (tertiary/aromatic N) is 2. The third-order valence-corrected chi connectivity index (χ3v) is 4.14. The molecule has 1 aliphatic heterocycles. The van der Waals surface area contributed by atoms with Crippen molar-refractivity contribution in [3.05, 3.63) is 59.8 Å². The maximum absolute atomic E-state index is 10.0. The Kier molecular flexibility index (Phi) is 4.71. The predicted octanol–water partition coefficient (Wildman–Crippen LogP) is 2.44. The number of pyridine rings is 1. The summed E-state index contributed by atoms with van der Waals surface area (Å²) in [5, 5.41) is 13.4. The third kappa shape index (κ3) is 3.84. The van der Waals surface area contributed by atoms with Crippen molar-refractivity contribution in [2.45, 2.75) is 32.0 Å². The molecule has 0 unspecified atom stereocenters. The zero-order valence-corrected chi connectivity index (χ0v) is 12.9. The fourth-order valence-electron chi connectivity index (χ4n) is 3.05. The van der Waals surface area contributed by atoms with Gasteiger partial charge in [-0.05, 0) is 31.0 Å². The van der Waals surface area contributed by atoms with Gasteiger partial charge in [-0.2, -0.15) is 0 Å². The molecule has 1 fully saturated rings. The van der Waals surface area contributed by atoms with Crippen molar-refractivity contribution in [3.8, 4) is 0 Å². The first-order valence-electron chi connectivity index (χ1n) is 7.84. The van der Waals surface area contributed by atoms with Gasteiger partial charge in [0.1, 0.15) is 5.82 Å². The Morgan fingerprint density at radius 1 is 1.18 bits per heavy atom. The predicted molar refractivity (Wildman–Crippen MR) is 88.7 cm³/mol. The monoisotopic (exact) mass is 297 g/mol. The second-order valence-electron chi connectivity index (χ2n) is 6.00. The van der Waals surface area contributed by atoms with Crippen molar-refractivity contribution in [2.24, 2.45) is 0 Å². The zero-order chi connectivity index (χ0) is 15.4. The number of aromatic nitrogens is 1. The molecule has 22 heavy (non-hydrogen) atoms. The largest absolute Gasteiger partial charge is 0.392 e. The fraction of sp³-hybridized carbons (Fsp3) is 0.389. The quantitative estimate of drug-likeness (QED) is 0.890. The number of likely N-dealkylation sites (tertiary alicyclic amines) is 1. The van der Waals surface area contributed by atoms with Gasteiger partial charge < -0.3 is 10.4 Å². The fourth-order valence-corrected chi connectivity index (χ4v) is 3.05. The maximum atomic E-state index is 10.0. The number of benzene rings is 1. The molecule has 4 nitrogen and oxygen atoms in total. The molecule has 0 amide bonds. The Hall–Kier alpha value is -1.91. The summed E-state index contributed by atoms with van der Waals surface area (Å²) in [5.74, 6) is 0.904. The van der Waals surface area contributed by atoms with Gasteiger partial charge in [-0.25, -0.2) is 4.98 Å². The van der Waals surface area contributed by atoms with E-state index in [0.29, 0.717) is 6.04 Å². The zero-order valence-electron chi connectivity index (χ0n) is 12.9. The van der Waals surface area contributed by atoms with E-state index >= 15 is 0 Å². The number of hydrogen-bond acceptors (Lipinski definition) is 4. The van der Waals surface area contributed by atoms with E-state index in [1.165, 1.54) is 5.56 Å². The van der Waals surface area contributed by atoms with Crippen LogP contribution in [0.3, 0.4) is 0 Å². The van der Waals surface area contributed by atoms with Crippen molar-refractivity contribution < 1.29 is 5.11 Å². The van der Waals surface area contributed by atoms with Gasteiger partial charge in [0.2, 0.25) is 0 Å². The molecule has 4 heteroatoms. The second kappa shape index (κ2) is 6.90. The normalized spacial score (nSPS) is 21.9. The molecule has 3 rings (SSSR count). The van der Waals surface area contributed by atoms with Crippen LogP contribution in [0, 0.1) is 6.92 Å². The van der Waals surface area contributed by atoms with Crippen molar-refractivity contribution in [2.75, 3.05) is 18.4 Å². The number of β-amino-alcohol motifs (C(OH)–C–C–N with tert-alkyl or cyclic N) is 1. The minimum absolute atomic E-state index is 0.235. The summed E-state index contributed by atoms with van der Waals surface area (Å²) < 4.78 is 0. The molecule has 1 aliphatic rings. The topological polar surface area (TPSA) is 48.4 Å². The van der Waals surface area contributed by atoms with Crippen LogP contribution in [0.4, 0.5) is 5.82 Å². The van der Waals surface area contributed by atoms with Gasteiger partial charge in [0.05, 0.1) is 6.10 Å². The van der Waals surface area contributed by atoms with Crippen LogP contribution in [0.25, 0.3) is 0 Å². The van der Waals surface area contributed by atoms with E-state index in [1.807, 2.05) is 31.2 Å². The van der Waals surface area contributed by atoms with Gasteiger partial charge in [-0.1, -0.05) is 36.4 Å². The Morgan fingerprint density at radius 3 is 2.77 bits per heavy atom. The lowest BCUT2D eigenvalue weighted by atomic mass is 10.1. The molecule has 0 spiro atoms. The minimum atomic E-state index is -0.235. The standard InChI is InChI=1S/C18H23N3O/c1-14-6-5-9-18(20-14)19-11-16-10-17(22)13-21(16)12-15-7-3-2-4-8-15/h2-9,16-17,22H,10-13H2,1H3,(H,19,20)/t16-,17-/m0/s1. The molecule has 116 valence electrons. The van der Waals surface area contributed by atoms with E-state index < -0.39 is 0 Å². The third-order valence-electron chi connectivity index (χ3n) is 4.14. The van der Waals surface area contributed by atoms with Crippen LogP contribution < -0.4 is 5.32 Å². The molecule has 0 radical (unpaired) electrons. The summed E-state index contributed by atoms with van der Waals surface area (Å²) in [4.78, 5) is 6.82. The smallest absolute Gasteiger partial charge is 0.126 e. The molecule has 2 aromatic rings. The molecule has 2 heterocycles. The molecule has 0 bridgehead atoms. The lowest BCUT2D eigenvalue weighted by Crippen LogP contribution is -2.34. The highest BCUT2D eigenvalue weighted by molar-refractivity contribution is 5.35. The average Bonchev–Trinajstić information content (AvgIpc) is 2.86. The summed E-state index contributed by atoms with van der Waals surface area (Å²) in [7, 11) is 0. The number of anilines is 1. The lowest BCUT2D eigenvalue weighted by molar-refractivity contribution is 0.173. The van der Waals surface area contributed by atoms with Gasteiger partial charge in [0, 0.05) is 31.4 Å². The minimum Gasteiger partial charge on any atom is -0.392 e. The van der Waals surface area contributed by atoms with E-state index in [9.17, 15) is 5.11 Å². The molecule has 2 atom stereocenters. The Balaban J connectivity index is 1.61. The Bertz CT molecular complexity index is 602. The molecule has 2 N–H and O–H groups in total. The molecule has 0 aliphatic carbocycles. The van der Waals surface area contributed by atoms with E-state index in [1.54, 1.807) is 0 Å². The number of aliphatic hydroxyl groups is 1. The highest BCUT2D eigenvalue weighted by Gasteiger charge is 2.30. The maximum Gasteiger partial charge on any atom is 0.126 e. The van der Waals surface area contributed by atoms with E-state index in [-0.39, 0.29) is 6.10 Å². The van der Waals surface area contributed by atoms with Crippen molar-refractivity contribution in [3.63, 3.8) is 0 Å². The highest BCUT2D eigenvalue weighted by atomic mass is 16.3. The summed E-state index contributed by atoms with van der Waals surface area (Å²) in [6.07, 6.45) is 0.576. The average molecular weight is 297 g/mol. The Labute approximate surface area is 131 Å². The van der Waals surface area contributed by atoms with E-state index in [0.717, 1.165) is 37.6 Å².